The predicted octanol–water partition coefficient (Wildman–Crippen LogP) is 4.56. The second-order valence-electron chi connectivity index (χ2n) is 5.95. The smallest absolute Gasteiger partial charge is 0.314 e. The molecule has 25 heavy (non-hydrogen) atoms. The summed E-state index contributed by atoms with van der Waals surface area (Å²) in [5.74, 6) is 0.0862. The van der Waals surface area contributed by atoms with Gasteiger partial charge in [-0.15, -0.1) is 0 Å². The number of likely N-dealkylation sites (tertiary alicyclic amines) is 1. The van der Waals surface area contributed by atoms with Crippen LogP contribution in [0.3, 0.4) is 0 Å². The number of ether oxygens (including phenoxy) is 1. The lowest BCUT2D eigenvalue weighted by molar-refractivity contribution is -0.140. The number of hydrogen-bond donors (Lipinski definition) is 0. The van der Waals surface area contributed by atoms with Crippen molar-refractivity contribution in [2.45, 2.75) is 12.8 Å². The Morgan fingerprint density at radius 2 is 1.60 bits per heavy atom. The van der Waals surface area contributed by atoms with Crippen molar-refractivity contribution in [3.63, 3.8) is 0 Å². The predicted molar refractivity (Wildman–Crippen MR) is 99.9 cm³/mol. The number of benzene rings is 2. The maximum absolute atomic E-state index is 12.5. The van der Waals surface area contributed by atoms with Crippen LogP contribution in [0.5, 0.6) is 5.75 Å². The molecule has 0 saturated carbocycles. The van der Waals surface area contributed by atoms with E-state index in [1.165, 1.54) is 0 Å². The molecule has 1 aliphatic rings. The average Bonchev–Trinajstić information content (AvgIpc) is 2.64. The molecule has 6 heteroatoms. The fourth-order valence-electron chi connectivity index (χ4n) is 2.80. The second-order valence-corrected chi connectivity index (χ2v) is 7.30. The standard InChI is InChI=1S/C19H17BrClNO3/c20-15-3-7-17(8-4-15)25-19(24)14-9-11-22(12-10-14)18(23)13-1-5-16(21)6-2-13/h1-8,14H,9-12H2. The number of carbonyl (C=O) groups excluding carboxylic acids is 2. The van der Waals surface area contributed by atoms with Gasteiger partial charge in [0.2, 0.25) is 0 Å². The Labute approximate surface area is 159 Å². The Kier molecular flexibility index (Phi) is 5.76. The third kappa shape index (κ3) is 4.61. The van der Waals surface area contributed by atoms with Gasteiger partial charge in [-0.05, 0) is 61.4 Å². The first-order valence-electron chi connectivity index (χ1n) is 8.05. The zero-order valence-corrected chi connectivity index (χ0v) is 15.8. The van der Waals surface area contributed by atoms with Crippen molar-refractivity contribution in [3.05, 3.63) is 63.6 Å². The molecule has 0 N–H and O–H groups in total. The van der Waals surface area contributed by atoms with Crippen LogP contribution in [-0.2, 0) is 4.79 Å². The van der Waals surface area contributed by atoms with Crippen LogP contribution >= 0.6 is 27.5 Å². The number of carbonyl (C=O) groups is 2. The monoisotopic (exact) mass is 421 g/mol. The van der Waals surface area contributed by atoms with Crippen molar-refractivity contribution in [2.24, 2.45) is 5.92 Å². The van der Waals surface area contributed by atoms with E-state index in [4.69, 9.17) is 16.3 Å². The van der Waals surface area contributed by atoms with E-state index in [1.54, 1.807) is 41.3 Å². The SMILES string of the molecule is O=C(Oc1ccc(Br)cc1)C1CCN(C(=O)c2ccc(Cl)cc2)CC1. The molecule has 3 rings (SSSR count). The van der Waals surface area contributed by atoms with Gasteiger partial charge >= 0.3 is 5.97 Å². The van der Waals surface area contributed by atoms with Crippen LogP contribution in [0.1, 0.15) is 23.2 Å². The Morgan fingerprint density at radius 1 is 1.00 bits per heavy atom. The number of hydrogen-bond acceptors (Lipinski definition) is 3. The van der Waals surface area contributed by atoms with Crippen molar-refractivity contribution in [1.29, 1.82) is 0 Å². The maximum Gasteiger partial charge on any atom is 0.314 e. The molecule has 0 spiro atoms. The van der Waals surface area contributed by atoms with Gasteiger partial charge < -0.3 is 9.64 Å². The zero-order valence-electron chi connectivity index (χ0n) is 13.5. The minimum absolute atomic E-state index is 0.0311. The van der Waals surface area contributed by atoms with Crippen LogP contribution in [0.4, 0.5) is 0 Å². The lowest BCUT2D eigenvalue weighted by Crippen LogP contribution is -2.41. The molecule has 0 aromatic heterocycles. The molecule has 0 bridgehead atoms. The van der Waals surface area contributed by atoms with Gasteiger partial charge in [-0.2, -0.15) is 0 Å². The van der Waals surface area contributed by atoms with E-state index < -0.39 is 0 Å². The van der Waals surface area contributed by atoms with Gasteiger partial charge in [0.1, 0.15) is 5.75 Å². The van der Waals surface area contributed by atoms with E-state index in [0.29, 0.717) is 42.3 Å². The summed E-state index contributed by atoms with van der Waals surface area (Å²) < 4.78 is 6.36. The van der Waals surface area contributed by atoms with Crippen LogP contribution in [-0.4, -0.2) is 29.9 Å². The topological polar surface area (TPSA) is 46.6 Å². The highest BCUT2D eigenvalue weighted by atomic mass is 79.9. The summed E-state index contributed by atoms with van der Waals surface area (Å²) in [4.78, 5) is 26.5. The molecule has 1 fully saturated rings. The Bertz CT molecular complexity index is 753. The second kappa shape index (κ2) is 8.02. The van der Waals surface area contributed by atoms with E-state index in [-0.39, 0.29) is 17.8 Å². The Morgan fingerprint density at radius 3 is 2.20 bits per heavy atom. The molecule has 2 aromatic carbocycles. The van der Waals surface area contributed by atoms with Crippen molar-refractivity contribution >= 4 is 39.4 Å². The molecule has 1 amide bonds. The van der Waals surface area contributed by atoms with Crippen molar-refractivity contribution in [3.8, 4) is 5.75 Å². The van der Waals surface area contributed by atoms with E-state index in [2.05, 4.69) is 15.9 Å². The number of halogens is 2. The molecule has 1 saturated heterocycles. The maximum atomic E-state index is 12.5. The molecule has 0 unspecified atom stereocenters. The van der Waals surface area contributed by atoms with Gasteiger partial charge in [0.15, 0.2) is 0 Å². The van der Waals surface area contributed by atoms with Crippen LogP contribution in [0.2, 0.25) is 5.02 Å². The third-order valence-electron chi connectivity index (χ3n) is 4.24. The fourth-order valence-corrected chi connectivity index (χ4v) is 3.19. The van der Waals surface area contributed by atoms with Crippen molar-refractivity contribution < 1.29 is 14.3 Å². The molecular weight excluding hydrogens is 406 g/mol. The first-order chi connectivity index (χ1) is 12.0. The molecular formula is C19H17BrClNO3. The summed E-state index contributed by atoms with van der Waals surface area (Å²) in [6, 6.07) is 14.0. The minimum Gasteiger partial charge on any atom is -0.426 e. The molecule has 0 radical (unpaired) electrons. The van der Waals surface area contributed by atoms with Gasteiger partial charge in [0, 0.05) is 28.1 Å². The molecule has 0 atom stereocenters. The van der Waals surface area contributed by atoms with E-state index in [1.807, 2.05) is 12.1 Å². The van der Waals surface area contributed by atoms with Crippen molar-refractivity contribution in [2.75, 3.05) is 13.1 Å². The minimum atomic E-state index is -0.235. The third-order valence-corrected chi connectivity index (χ3v) is 5.02. The molecule has 4 nitrogen and oxygen atoms in total. The van der Waals surface area contributed by atoms with Gasteiger partial charge in [-0.3, -0.25) is 9.59 Å². The van der Waals surface area contributed by atoms with Crippen molar-refractivity contribution in [1.82, 2.24) is 4.90 Å². The fraction of sp³-hybridized carbons (Fsp3) is 0.263. The first kappa shape index (κ1) is 18.0. The Balaban J connectivity index is 1.54. The quantitative estimate of drug-likeness (QED) is 0.538. The van der Waals surface area contributed by atoms with Crippen LogP contribution in [0.25, 0.3) is 0 Å². The lowest BCUT2D eigenvalue weighted by Gasteiger charge is -2.31. The largest absolute Gasteiger partial charge is 0.426 e. The molecule has 1 heterocycles. The van der Waals surface area contributed by atoms with Crippen LogP contribution in [0.15, 0.2) is 53.0 Å². The number of amides is 1. The number of esters is 1. The van der Waals surface area contributed by atoms with E-state index >= 15 is 0 Å². The summed E-state index contributed by atoms with van der Waals surface area (Å²) in [6.45, 7) is 1.09. The molecule has 2 aromatic rings. The average molecular weight is 423 g/mol. The summed E-state index contributed by atoms with van der Waals surface area (Å²) in [5, 5.41) is 0.603. The van der Waals surface area contributed by atoms with Gasteiger partial charge in [0.05, 0.1) is 5.92 Å². The highest BCUT2D eigenvalue weighted by Crippen LogP contribution is 2.23. The highest BCUT2D eigenvalue weighted by molar-refractivity contribution is 9.10. The van der Waals surface area contributed by atoms with Crippen LogP contribution < -0.4 is 4.74 Å². The molecule has 1 aliphatic heterocycles. The lowest BCUT2D eigenvalue weighted by atomic mass is 9.96. The number of nitrogens with zero attached hydrogens (tertiary/aromatic N) is 1. The number of piperidine rings is 1. The molecule has 130 valence electrons. The summed E-state index contributed by atoms with van der Waals surface area (Å²) in [6.07, 6.45) is 1.21. The van der Waals surface area contributed by atoms with Gasteiger partial charge in [-0.25, -0.2) is 0 Å². The summed E-state index contributed by atoms with van der Waals surface area (Å²) in [5.41, 5.74) is 0.611. The summed E-state index contributed by atoms with van der Waals surface area (Å²) >= 11 is 9.20. The highest BCUT2D eigenvalue weighted by Gasteiger charge is 2.29. The summed E-state index contributed by atoms with van der Waals surface area (Å²) in [7, 11) is 0. The van der Waals surface area contributed by atoms with E-state index in [9.17, 15) is 9.59 Å². The number of rotatable bonds is 3. The van der Waals surface area contributed by atoms with Gasteiger partial charge in [-0.1, -0.05) is 27.5 Å². The van der Waals surface area contributed by atoms with Crippen LogP contribution in [0, 0.1) is 5.92 Å². The Hall–Kier alpha value is -1.85. The van der Waals surface area contributed by atoms with E-state index in [0.717, 1.165) is 4.47 Å². The van der Waals surface area contributed by atoms with Gasteiger partial charge in [0.25, 0.3) is 5.91 Å². The normalized spacial score (nSPS) is 15.0. The first-order valence-corrected chi connectivity index (χ1v) is 9.22. The zero-order chi connectivity index (χ0) is 17.8. The molecule has 0 aliphatic carbocycles.